The summed E-state index contributed by atoms with van der Waals surface area (Å²) in [6, 6.07) is 15.1. The number of rotatable bonds is 8. The second kappa shape index (κ2) is 8.83. The lowest BCUT2D eigenvalue weighted by molar-refractivity contribution is 0.0953. The normalized spacial score (nSPS) is 10.2. The standard InChI is InChI=1S/C19H23NO3/c1-3-23-17-12-10-16(11-13-17)19(21)20-14-6-8-15-7-4-5-9-18(15)22-2/h4-5,7,9-13H,3,6,8,14H2,1-2H3,(H,20,21). The Morgan fingerprint density at radius 2 is 1.83 bits per heavy atom. The van der Waals surface area contributed by atoms with Gasteiger partial charge in [-0.1, -0.05) is 18.2 Å². The van der Waals surface area contributed by atoms with Crippen LogP contribution < -0.4 is 14.8 Å². The van der Waals surface area contributed by atoms with Crippen molar-refractivity contribution < 1.29 is 14.3 Å². The van der Waals surface area contributed by atoms with Crippen LogP contribution in [0.1, 0.15) is 29.3 Å². The van der Waals surface area contributed by atoms with E-state index in [9.17, 15) is 4.79 Å². The number of hydrogen-bond donors (Lipinski definition) is 1. The van der Waals surface area contributed by atoms with Crippen LogP contribution in [-0.4, -0.2) is 26.2 Å². The first-order valence-electron chi connectivity index (χ1n) is 7.87. The van der Waals surface area contributed by atoms with Gasteiger partial charge in [-0.15, -0.1) is 0 Å². The Kier molecular flexibility index (Phi) is 6.48. The Labute approximate surface area is 137 Å². The van der Waals surface area contributed by atoms with Gasteiger partial charge in [0.15, 0.2) is 0 Å². The quantitative estimate of drug-likeness (QED) is 0.759. The molecule has 0 radical (unpaired) electrons. The van der Waals surface area contributed by atoms with Gasteiger partial charge in [0.25, 0.3) is 5.91 Å². The van der Waals surface area contributed by atoms with Crippen molar-refractivity contribution in [3.8, 4) is 11.5 Å². The molecule has 0 heterocycles. The van der Waals surface area contributed by atoms with Crippen molar-refractivity contribution >= 4 is 5.91 Å². The first-order chi connectivity index (χ1) is 11.2. The van der Waals surface area contributed by atoms with E-state index in [1.165, 1.54) is 0 Å². The molecule has 23 heavy (non-hydrogen) atoms. The van der Waals surface area contributed by atoms with Crippen LogP contribution in [0.2, 0.25) is 0 Å². The molecule has 0 spiro atoms. The molecule has 0 aliphatic heterocycles. The van der Waals surface area contributed by atoms with Crippen LogP contribution in [0.15, 0.2) is 48.5 Å². The van der Waals surface area contributed by atoms with E-state index in [0.29, 0.717) is 18.7 Å². The molecule has 2 aromatic carbocycles. The fraction of sp³-hybridized carbons (Fsp3) is 0.316. The Hall–Kier alpha value is -2.49. The highest BCUT2D eigenvalue weighted by Gasteiger charge is 2.06. The number of nitrogens with one attached hydrogen (secondary N) is 1. The molecule has 2 rings (SSSR count). The van der Waals surface area contributed by atoms with Crippen LogP contribution in [0.4, 0.5) is 0 Å². The smallest absolute Gasteiger partial charge is 0.251 e. The second-order valence-corrected chi connectivity index (χ2v) is 5.13. The molecule has 4 nitrogen and oxygen atoms in total. The predicted molar refractivity (Wildman–Crippen MR) is 91.3 cm³/mol. The van der Waals surface area contributed by atoms with E-state index in [2.05, 4.69) is 5.32 Å². The Morgan fingerprint density at radius 3 is 2.52 bits per heavy atom. The highest BCUT2D eigenvalue weighted by molar-refractivity contribution is 5.94. The number of carbonyl (C=O) groups is 1. The summed E-state index contributed by atoms with van der Waals surface area (Å²) in [5.74, 6) is 1.61. The lowest BCUT2D eigenvalue weighted by Crippen LogP contribution is -2.24. The lowest BCUT2D eigenvalue weighted by atomic mass is 10.1. The van der Waals surface area contributed by atoms with Crippen molar-refractivity contribution in [1.82, 2.24) is 5.32 Å². The summed E-state index contributed by atoms with van der Waals surface area (Å²) < 4.78 is 10.7. The maximum Gasteiger partial charge on any atom is 0.251 e. The summed E-state index contributed by atoms with van der Waals surface area (Å²) in [5, 5.41) is 2.94. The third-order valence-electron chi connectivity index (χ3n) is 3.53. The van der Waals surface area contributed by atoms with Crippen molar-refractivity contribution in [3.05, 3.63) is 59.7 Å². The van der Waals surface area contributed by atoms with Gasteiger partial charge < -0.3 is 14.8 Å². The first-order valence-corrected chi connectivity index (χ1v) is 7.87. The van der Waals surface area contributed by atoms with Crippen LogP contribution in [0, 0.1) is 0 Å². The summed E-state index contributed by atoms with van der Waals surface area (Å²) in [6.07, 6.45) is 1.73. The van der Waals surface area contributed by atoms with Crippen molar-refractivity contribution in [2.75, 3.05) is 20.3 Å². The van der Waals surface area contributed by atoms with Crippen molar-refractivity contribution in [3.63, 3.8) is 0 Å². The molecule has 4 heteroatoms. The van der Waals surface area contributed by atoms with Gasteiger partial charge in [-0.05, 0) is 55.7 Å². The number of hydrogen-bond acceptors (Lipinski definition) is 3. The van der Waals surface area contributed by atoms with E-state index in [1.54, 1.807) is 19.2 Å². The first kappa shape index (κ1) is 16.9. The molecule has 0 aromatic heterocycles. The number of para-hydroxylation sites is 1. The Bertz CT molecular complexity index is 623. The summed E-state index contributed by atoms with van der Waals surface area (Å²) >= 11 is 0. The van der Waals surface area contributed by atoms with Crippen molar-refractivity contribution in [2.24, 2.45) is 0 Å². The Balaban J connectivity index is 1.78. The molecule has 1 amide bonds. The zero-order chi connectivity index (χ0) is 16.5. The van der Waals surface area contributed by atoms with E-state index < -0.39 is 0 Å². The topological polar surface area (TPSA) is 47.6 Å². The van der Waals surface area contributed by atoms with Gasteiger partial charge in [0.05, 0.1) is 13.7 Å². The molecule has 122 valence electrons. The maximum atomic E-state index is 12.1. The minimum Gasteiger partial charge on any atom is -0.496 e. The third kappa shape index (κ3) is 5.02. The number of methoxy groups -OCH3 is 1. The zero-order valence-electron chi connectivity index (χ0n) is 13.7. The molecule has 1 N–H and O–H groups in total. The molecule has 0 saturated heterocycles. The van der Waals surface area contributed by atoms with Gasteiger partial charge in [0.2, 0.25) is 0 Å². The maximum absolute atomic E-state index is 12.1. The Morgan fingerprint density at radius 1 is 1.09 bits per heavy atom. The molecule has 0 saturated carbocycles. The van der Waals surface area contributed by atoms with Crippen LogP contribution in [0.5, 0.6) is 11.5 Å². The highest BCUT2D eigenvalue weighted by Crippen LogP contribution is 2.18. The summed E-state index contributed by atoms with van der Waals surface area (Å²) in [4.78, 5) is 12.1. The van der Waals surface area contributed by atoms with Gasteiger partial charge in [-0.2, -0.15) is 0 Å². The average molecular weight is 313 g/mol. The molecule has 2 aromatic rings. The number of aryl methyl sites for hydroxylation is 1. The van der Waals surface area contributed by atoms with Gasteiger partial charge in [-0.25, -0.2) is 0 Å². The summed E-state index contributed by atoms with van der Waals surface area (Å²) in [7, 11) is 1.67. The molecule has 0 atom stereocenters. The van der Waals surface area contributed by atoms with Gasteiger partial charge in [-0.3, -0.25) is 4.79 Å². The van der Waals surface area contributed by atoms with Crippen LogP contribution in [0.3, 0.4) is 0 Å². The van der Waals surface area contributed by atoms with Crippen molar-refractivity contribution in [2.45, 2.75) is 19.8 Å². The number of amides is 1. The predicted octanol–water partition coefficient (Wildman–Crippen LogP) is 3.46. The van der Waals surface area contributed by atoms with Crippen molar-refractivity contribution in [1.29, 1.82) is 0 Å². The number of benzene rings is 2. The molecule has 0 aliphatic carbocycles. The van der Waals surface area contributed by atoms with E-state index >= 15 is 0 Å². The largest absolute Gasteiger partial charge is 0.496 e. The monoisotopic (exact) mass is 313 g/mol. The molecule has 0 unspecified atom stereocenters. The van der Waals surface area contributed by atoms with Crippen LogP contribution in [-0.2, 0) is 6.42 Å². The molecular formula is C19H23NO3. The third-order valence-corrected chi connectivity index (χ3v) is 3.53. The minimum atomic E-state index is -0.0620. The molecule has 0 bridgehead atoms. The lowest BCUT2D eigenvalue weighted by Gasteiger charge is -2.09. The van der Waals surface area contributed by atoms with Crippen LogP contribution >= 0.6 is 0 Å². The number of carbonyl (C=O) groups excluding carboxylic acids is 1. The highest BCUT2D eigenvalue weighted by atomic mass is 16.5. The van der Waals surface area contributed by atoms with E-state index in [-0.39, 0.29) is 5.91 Å². The molecular weight excluding hydrogens is 290 g/mol. The number of ether oxygens (including phenoxy) is 2. The van der Waals surface area contributed by atoms with Gasteiger partial charge >= 0.3 is 0 Å². The fourth-order valence-electron chi connectivity index (χ4n) is 2.36. The zero-order valence-corrected chi connectivity index (χ0v) is 13.7. The average Bonchev–Trinajstić information content (AvgIpc) is 2.60. The molecule has 0 aliphatic rings. The van der Waals surface area contributed by atoms with E-state index in [0.717, 1.165) is 29.9 Å². The fourth-order valence-corrected chi connectivity index (χ4v) is 2.36. The van der Waals surface area contributed by atoms with Gasteiger partial charge in [0.1, 0.15) is 11.5 Å². The van der Waals surface area contributed by atoms with Gasteiger partial charge in [0, 0.05) is 12.1 Å². The summed E-state index contributed by atoms with van der Waals surface area (Å²) in [5.41, 5.74) is 1.80. The second-order valence-electron chi connectivity index (χ2n) is 5.13. The minimum absolute atomic E-state index is 0.0620. The van der Waals surface area contributed by atoms with E-state index in [1.807, 2.05) is 43.3 Å². The molecule has 0 fully saturated rings. The summed E-state index contributed by atoms with van der Waals surface area (Å²) in [6.45, 7) is 3.18. The SMILES string of the molecule is CCOc1ccc(C(=O)NCCCc2ccccc2OC)cc1. The van der Waals surface area contributed by atoms with Crippen LogP contribution in [0.25, 0.3) is 0 Å². The van der Waals surface area contributed by atoms with E-state index in [4.69, 9.17) is 9.47 Å².